The topological polar surface area (TPSA) is 32.3 Å². The lowest BCUT2D eigenvalue weighted by Gasteiger charge is -2.23. The summed E-state index contributed by atoms with van der Waals surface area (Å²) in [5, 5.41) is 5.02. The summed E-state index contributed by atoms with van der Waals surface area (Å²) < 4.78 is 0. The zero-order valence-electron chi connectivity index (χ0n) is 9.77. The van der Waals surface area contributed by atoms with E-state index in [1.807, 2.05) is 24.8 Å². The van der Waals surface area contributed by atoms with E-state index in [9.17, 15) is 4.79 Å². The Morgan fingerprint density at radius 1 is 1.62 bits per heavy atom. The molecule has 1 aliphatic rings. The highest BCUT2D eigenvalue weighted by molar-refractivity contribution is 7.09. The zero-order valence-corrected chi connectivity index (χ0v) is 10.6. The molecule has 1 heterocycles. The highest BCUT2D eigenvalue weighted by Crippen LogP contribution is 2.29. The number of nitrogens with zero attached hydrogens (tertiary/aromatic N) is 1. The van der Waals surface area contributed by atoms with Crippen LogP contribution in [-0.4, -0.2) is 23.0 Å². The van der Waals surface area contributed by atoms with Crippen LogP contribution in [-0.2, 0) is 6.54 Å². The second-order valence-corrected chi connectivity index (χ2v) is 5.57. The summed E-state index contributed by atoms with van der Waals surface area (Å²) in [6, 6.07) is 4.86. The number of urea groups is 1. The Morgan fingerprint density at radius 2 is 2.38 bits per heavy atom. The summed E-state index contributed by atoms with van der Waals surface area (Å²) in [6.07, 6.45) is 2.30. The van der Waals surface area contributed by atoms with Crippen LogP contribution in [0.25, 0.3) is 0 Å². The van der Waals surface area contributed by atoms with Crippen LogP contribution in [0.1, 0.15) is 31.6 Å². The van der Waals surface area contributed by atoms with Crippen LogP contribution in [0.2, 0.25) is 0 Å². The molecule has 0 spiro atoms. The van der Waals surface area contributed by atoms with Crippen molar-refractivity contribution in [1.29, 1.82) is 0 Å². The van der Waals surface area contributed by atoms with Gasteiger partial charge in [0.15, 0.2) is 0 Å². The molecule has 2 amide bonds. The molecule has 0 aliphatic heterocycles. The van der Waals surface area contributed by atoms with E-state index >= 15 is 0 Å². The highest BCUT2D eigenvalue weighted by atomic mass is 32.1. The minimum Gasteiger partial charge on any atom is -0.336 e. The fraction of sp³-hybridized carbons (Fsp3) is 0.583. The van der Waals surface area contributed by atoms with Crippen molar-refractivity contribution in [2.45, 2.75) is 45.3 Å². The first-order valence-electron chi connectivity index (χ1n) is 5.76. The molecule has 2 rings (SSSR count). The average Bonchev–Trinajstić information content (AvgIpc) is 2.91. The van der Waals surface area contributed by atoms with Crippen molar-refractivity contribution in [1.82, 2.24) is 10.2 Å². The second kappa shape index (κ2) is 4.87. The third-order valence-electron chi connectivity index (χ3n) is 2.57. The van der Waals surface area contributed by atoms with E-state index in [0.717, 1.165) is 19.4 Å². The van der Waals surface area contributed by atoms with E-state index in [4.69, 9.17) is 0 Å². The van der Waals surface area contributed by atoms with Crippen molar-refractivity contribution >= 4 is 17.4 Å². The number of rotatable bonds is 4. The van der Waals surface area contributed by atoms with Crippen LogP contribution < -0.4 is 5.32 Å². The number of carbonyl (C=O) groups excluding carboxylic acids is 1. The largest absolute Gasteiger partial charge is 0.336 e. The van der Waals surface area contributed by atoms with Crippen LogP contribution in [0.3, 0.4) is 0 Å². The first-order chi connectivity index (χ1) is 7.66. The Balaban J connectivity index is 1.97. The number of carbonyl (C=O) groups is 1. The van der Waals surface area contributed by atoms with Crippen LogP contribution in [0.15, 0.2) is 17.5 Å². The van der Waals surface area contributed by atoms with Crippen molar-refractivity contribution in [3.05, 3.63) is 22.4 Å². The minimum absolute atomic E-state index is 0.0749. The summed E-state index contributed by atoms with van der Waals surface area (Å²) in [7, 11) is 0. The maximum Gasteiger partial charge on any atom is 0.318 e. The molecule has 4 heteroatoms. The zero-order chi connectivity index (χ0) is 11.5. The van der Waals surface area contributed by atoms with Gasteiger partial charge in [-0.15, -0.1) is 11.3 Å². The van der Waals surface area contributed by atoms with Gasteiger partial charge in [-0.25, -0.2) is 4.79 Å². The Bertz CT molecular complexity index is 344. The molecular formula is C12H18N2OS. The maximum absolute atomic E-state index is 12.0. The van der Waals surface area contributed by atoms with Gasteiger partial charge in [-0.2, -0.15) is 0 Å². The number of hydrogen-bond acceptors (Lipinski definition) is 2. The molecule has 0 radical (unpaired) electrons. The molecule has 1 N–H and O–H groups in total. The Hall–Kier alpha value is -1.03. The van der Waals surface area contributed by atoms with Crippen LogP contribution in [0.5, 0.6) is 0 Å². The van der Waals surface area contributed by atoms with E-state index in [1.165, 1.54) is 4.88 Å². The van der Waals surface area contributed by atoms with Crippen LogP contribution in [0, 0.1) is 0 Å². The molecule has 1 aromatic rings. The van der Waals surface area contributed by atoms with Gasteiger partial charge in [-0.3, -0.25) is 0 Å². The smallest absolute Gasteiger partial charge is 0.318 e. The lowest BCUT2D eigenvalue weighted by molar-refractivity contribution is 0.190. The number of thiophene rings is 1. The second-order valence-electron chi connectivity index (χ2n) is 4.54. The molecular weight excluding hydrogens is 220 g/mol. The summed E-state index contributed by atoms with van der Waals surface area (Å²) in [4.78, 5) is 15.2. The lowest BCUT2D eigenvalue weighted by Crippen LogP contribution is -2.43. The van der Waals surface area contributed by atoms with Gasteiger partial charge in [-0.1, -0.05) is 6.07 Å². The fourth-order valence-electron chi connectivity index (χ4n) is 1.65. The van der Waals surface area contributed by atoms with Crippen molar-refractivity contribution < 1.29 is 4.79 Å². The van der Waals surface area contributed by atoms with E-state index in [0.29, 0.717) is 6.04 Å². The quantitative estimate of drug-likeness (QED) is 0.859. The first-order valence-corrected chi connectivity index (χ1v) is 6.64. The summed E-state index contributed by atoms with van der Waals surface area (Å²) >= 11 is 1.71. The van der Waals surface area contributed by atoms with Crippen LogP contribution >= 0.6 is 11.3 Å². The molecule has 1 aliphatic carbocycles. The monoisotopic (exact) mass is 238 g/mol. The van der Waals surface area contributed by atoms with Gasteiger partial charge < -0.3 is 10.2 Å². The van der Waals surface area contributed by atoms with E-state index in [-0.39, 0.29) is 12.1 Å². The fourth-order valence-corrected chi connectivity index (χ4v) is 2.36. The van der Waals surface area contributed by atoms with Gasteiger partial charge in [0, 0.05) is 17.0 Å². The number of hydrogen-bond donors (Lipinski definition) is 1. The molecule has 0 unspecified atom stereocenters. The molecule has 1 fully saturated rings. The molecule has 0 saturated heterocycles. The molecule has 0 bridgehead atoms. The summed E-state index contributed by atoms with van der Waals surface area (Å²) in [5.74, 6) is 0. The first kappa shape index (κ1) is 11.5. The van der Waals surface area contributed by atoms with E-state index in [1.54, 1.807) is 11.3 Å². The Morgan fingerprint density at radius 3 is 2.88 bits per heavy atom. The third-order valence-corrected chi connectivity index (χ3v) is 3.43. The van der Waals surface area contributed by atoms with Gasteiger partial charge in [0.2, 0.25) is 0 Å². The molecule has 0 aromatic carbocycles. The van der Waals surface area contributed by atoms with Gasteiger partial charge >= 0.3 is 6.03 Å². The van der Waals surface area contributed by atoms with Gasteiger partial charge in [0.1, 0.15) is 0 Å². The minimum atomic E-state index is 0.0749. The van der Waals surface area contributed by atoms with Crippen molar-refractivity contribution in [3.63, 3.8) is 0 Å². The summed E-state index contributed by atoms with van der Waals surface area (Å²) in [5.41, 5.74) is 0. The van der Waals surface area contributed by atoms with Gasteiger partial charge in [0.05, 0.1) is 6.54 Å². The van der Waals surface area contributed by atoms with E-state index < -0.39 is 0 Å². The van der Waals surface area contributed by atoms with Crippen molar-refractivity contribution in [2.75, 3.05) is 0 Å². The predicted octanol–water partition coefficient (Wildman–Crippen LogP) is 2.83. The maximum atomic E-state index is 12.0. The van der Waals surface area contributed by atoms with Crippen molar-refractivity contribution in [2.24, 2.45) is 0 Å². The molecule has 16 heavy (non-hydrogen) atoms. The summed E-state index contributed by atoms with van der Waals surface area (Å²) in [6.45, 7) is 4.74. The SMILES string of the molecule is CC(C)NC(=O)N(Cc1cccs1)C1CC1. The molecule has 3 nitrogen and oxygen atoms in total. The van der Waals surface area contributed by atoms with Gasteiger partial charge in [-0.05, 0) is 38.1 Å². The molecule has 0 atom stereocenters. The number of amides is 2. The van der Waals surface area contributed by atoms with Crippen LogP contribution in [0.4, 0.5) is 4.79 Å². The Kier molecular flexibility index (Phi) is 3.49. The molecule has 88 valence electrons. The Labute approximate surface area is 100 Å². The average molecular weight is 238 g/mol. The lowest BCUT2D eigenvalue weighted by atomic mass is 10.4. The number of nitrogens with one attached hydrogen (secondary N) is 1. The van der Waals surface area contributed by atoms with Gasteiger partial charge in [0.25, 0.3) is 0 Å². The predicted molar refractivity (Wildman–Crippen MR) is 66.6 cm³/mol. The van der Waals surface area contributed by atoms with E-state index in [2.05, 4.69) is 16.8 Å². The standard InChI is InChI=1S/C12H18N2OS/c1-9(2)13-12(15)14(10-5-6-10)8-11-4-3-7-16-11/h3-4,7,9-10H,5-6,8H2,1-2H3,(H,13,15). The normalized spacial score (nSPS) is 15.2. The van der Waals surface area contributed by atoms with Crippen molar-refractivity contribution in [3.8, 4) is 0 Å². The highest BCUT2D eigenvalue weighted by Gasteiger charge is 2.32. The third kappa shape index (κ3) is 2.98. The molecule has 1 saturated carbocycles. The molecule has 1 aromatic heterocycles.